The van der Waals surface area contributed by atoms with E-state index in [0.29, 0.717) is 47.0 Å². The van der Waals surface area contributed by atoms with E-state index in [1.807, 2.05) is 29.8 Å². The van der Waals surface area contributed by atoms with E-state index in [1.54, 1.807) is 29.3 Å². The highest BCUT2D eigenvalue weighted by Gasteiger charge is 2.30. The molecule has 10 heteroatoms. The first-order chi connectivity index (χ1) is 16.9. The molecule has 10 nitrogen and oxygen atoms in total. The number of carbonyl (C=O) groups is 2. The second-order valence-corrected chi connectivity index (χ2v) is 8.43. The quantitative estimate of drug-likeness (QED) is 0.430. The minimum Gasteiger partial charge on any atom is -0.383 e. The van der Waals surface area contributed by atoms with Crippen molar-refractivity contribution in [3.05, 3.63) is 72.7 Å². The first-order valence-electron chi connectivity index (χ1n) is 11.2. The van der Waals surface area contributed by atoms with Crippen molar-refractivity contribution in [2.75, 3.05) is 24.1 Å². The molecule has 0 bridgehead atoms. The molecule has 1 fully saturated rings. The van der Waals surface area contributed by atoms with E-state index in [2.05, 4.69) is 26.8 Å². The number of hydrogen-bond donors (Lipinski definition) is 2. The number of likely N-dealkylation sites (tertiary alicyclic amines) is 1. The summed E-state index contributed by atoms with van der Waals surface area (Å²) >= 11 is 0. The first-order valence-corrected chi connectivity index (χ1v) is 11.2. The summed E-state index contributed by atoms with van der Waals surface area (Å²) < 4.78 is 1.82. The van der Waals surface area contributed by atoms with Gasteiger partial charge in [0.05, 0.1) is 11.4 Å². The van der Waals surface area contributed by atoms with Gasteiger partial charge in [0.15, 0.2) is 5.65 Å². The van der Waals surface area contributed by atoms with E-state index >= 15 is 0 Å². The van der Waals surface area contributed by atoms with Crippen LogP contribution >= 0.6 is 0 Å². The molecule has 1 aliphatic heterocycles. The van der Waals surface area contributed by atoms with Crippen molar-refractivity contribution in [2.45, 2.75) is 19.4 Å². The van der Waals surface area contributed by atoms with Gasteiger partial charge in [0.1, 0.15) is 23.7 Å². The summed E-state index contributed by atoms with van der Waals surface area (Å²) in [5.74, 6) is 0.453. The number of hydrogen-bond acceptors (Lipinski definition) is 7. The van der Waals surface area contributed by atoms with Crippen LogP contribution in [-0.2, 0) is 4.79 Å². The number of aromatic nitrogens is 5. The van der Waals surface area contributed by atoms with Crippen molar-refractivity contribution in [1.82, 2.24) is 29.6 Å². The van der Waals surface area contributed by atoms with Crippen molar-refractivity contribution in [2.24, 2.45) is 0 Å². The van der Waals surface area contributed by atoms with Crippen LogP contribution in [0, 0.1) is 6.92 Å². The van der Waals surface area contributed by atoms with Gasteiger partial charge in [-0.2, -0.15) is 5.10 Å². The molecule has 4 heterocycles. The van der Waals surface area contributed by atoms with Gasteiger partial charge in [0.25, 0.3) is 5.91 Å². The van der Waals surface area contributed by atoms with Crippen LogP contribution in [0.25, 0.3) is 22.3 Å². The fourth-order valence-electron chi connectivity index (χ4n) is 4.30. The largest absolute Gasteiger partial charge is 0.383 e. The molecule has 0 aliphatic carbocycles. The zero-order valence-electron chi connectivity index (χ0n) is 19.2. The number of nitrogens with zero attached hydrogens (tertiary/aromatic N) is 6. The standard InChI is InChI=1S/C25H24N8O2/c1-3-20(34)32-11-9-18(13-32)33-24-21(23(26)28-14-29-24)22(31-33)16-4-6-17(7-5-16)25(35)30-19-12-15(2)8-10-27-19/h3-8,10,12,14,18H,1,9,11,13H2,2H3,(H2,26,28,29)(H,27,30,35). The fraction of sp³-hybridized carbons (Fsp3) is 0.200. The number of anilines is 2. The molecule has 0 saturated carbocycles. The average Bonchev–Trinajstić information content (AvgIpc) is 3.50. The number of nitrogen functional groups attached to an aromatic ring is 1. The summed E-state index contributed by atoms with van der Waals surface area (Å²) in [7, 11) is 0. The highest BCUT2D eigenvalue weighted by Crippen LogP contribution is 2.34. The fourth-order valence-corrected chi connectivity index (χ4v) is 4.30. The predicted molar refractivity (Wildman–Crippen MR) is 133 cm³/mol. The van der Waals surface area contributed by atoms with Crippen molar-refractivity contribution in [3.8, 4) is 11.3 Å². The van der Waals surface area contributed by atoms with Gasteiger partial charge in [0.2, 0.25) is 5.91 Å². The molecule has 1 saturated heterocycles. The van der Waals surface area contributed by atoms with E-state index in [9.17, 15) is 9.59 Å². The molecule has 35 heavy (non-hydrogen) atoms. The Labute approximate surface area is 201 Å². The zero-order chi connectivity index (χ0) is 24.5. The van der Waals surface area contributed by atoms with Crippen molar-refractivity contribution >= 4 is 34.5 Å². The molecule has 2 amide bonds. The zero-order valence-corrected chi connectivity index (χ0v) is 19.2. The molecular formula is C25H24N8O2. The summed E-state index contributed by atoms with van der Waals surface area (Å²) in [6, 6.07) is 10.7. The minimum atomic E-state index is -0.259. The van der Waals surface area contributed by atoms with Crippen LogP contribution in [0.5, 0.6) is 0 Å². The monoisotopic (exact) mass is 468 g/mol. The summed E-state index contributed by atoms with van der Waals surface area (Å²) in [6.45, 7) is 6.64. The smallest absolute Gasteiger partial charge is 0.256 e. The molecule has 3 aromatic heterocycles. The number of fused-ring (bicyclic) bond motifs is 1. The lowest BCUT2D eigenvalue weighted by atomic mass is 10.1. The molecule has 1 aromatic carbocycles. The number of aryl methyl sites for hydroxylation is 1. The van der Waals surface area contributed by atoms with Crippen LogP contribution in [0.2, 0.25) is 0 Å². The van der Waals surface area contributed by atoms with Gasteiger partial charge in [-0.25, -0.2) is 19.6 Å². The summed E-state index contributed by atoms with van der Waals surface area (Å²) in [5.41, 5.74) is 9.73. The molecule has 0 spiro atoms. The second kappa shape index (κ2) is 8.98. The Bertz CT molecular complexity index is 1440. The number of nitrogens with two attached hydrogens (primary N) is 1. The van der Waals surface area contributed by atoms with Gasteiger partial charge in [-0.05, 0) is 49.2 Å². The predicted octanol–water partition coefficient (Wildman–Crippen LogP) is 2.99. The van der Waals surface area contributed by atoms with Gasteiger partial charge in [-0.1, -0.05) is 18.7 Å². The van der Waals surface area contributed by atoms with Crippen LogP contribution in [0.1, 0.15) is 28.4 Å². The van der Waals surface area contributed by atoms with Gasteiger partial charge in [0, 0.05) is 30.4 Å². The number of rotatable bonds is 5. The third-order valence-corrected chi connectivity index (χ3v) is 6.09. The molecule has 1 atom stereocenters. The molecular weight excluding hydrogens is 444 g/mol. The summed E-state index contributed by atoms with van der Waals surface area (Å²) in [4.78, 5) is 39.2. The van der Waals surface area contributed by atoms with E-state index in [0.717, 1.165) is 17.5 Å². The Morgan fingerprint density at radius 2 is 1.97 bits per heavy atom. The lowest BCUT2D eigenvalue weighted by Gasteiger charge is -2.14. The van der Waals surface area contributed by atoms with E-state index in [4.69, 9.17) is 10.8 Å². The Morgan fingerprint density at radius 3 is 2.71 bits per heavy atom. The number of benzene rings is 1. The Hall–Kier alpha value is -4.60. The number of pyridine rings is 1. The summed E-state index contributed by atoms with van der Waals surface area (Å²) in [6.07, 6.45) is 5.13. The van der Waals surface area contributed by atoms with Crippen LogP contribution in [0.3, 0.4) is 0 Å². The van der Waals surface area contributed by atoms with Crippen molar-refractivity contribution in [3.63, 3.8) is 0 Å². The molecule has 4 aromatic rings. The maximum Gasteiger partial charge on any atom is 0.256 e. The molecule has 0 radical (unpaired) electrons. The van der Waals surface area contributed by atoms with E-state index in [-0.39, 0.29) is 17.9 Å². The Kier molecular flexibility index (Phi) is 5.69. The SMILES string of the molecule is C=CC(=O)N1CCC(n2nc(-c3ccc(C(=O)Nc4cc(C)ccn4)cc3)c3c(N)ncnc32)C1. The lowest BCUT2D eigenvalue weighted by molar-refractivity contribution is -0.125. The highest BCUT2D eigenvalue weighted by molar-refractivity contribution is 6.04. The third kappa shape index (κ3) is 4.21. The summed E-state index contributed by atoms with van der Waals surface area (Å²) in [5, 5.41) is 8.28. The van der Waals surface area contributed by atoms with Gasteiger partial charge in [-0.3, -0.25) is 9.59 Å². The Morgan fingerprint density at radius 1 is 1.17 bits per heavy atom. The number of amides is 2. The average molecular weight is 469 g/mol. The molecule has 176 valence electrons. The van der Waals surface area contributed by atoms with Crippen molar-refractivity contribution in [1.29, 1.82) is 0 Å². The molecule has 5 rings (SSSR count). The van der Waals surface area contributed by atoms with Gasteiger partial charge >= 0.3 is 0 Å². The minimum absolute atomic E-state index is 0.0451. The van der Waals surface area contributed by atoms with Crippen molar-refractivity contribution < 1.29 is 9.59 Å². The molecule has 1 unspecified atom stereocenters. The first kappa shape index (κ1) is 22.2. The number of nitrogens with one attached hydrogen (secondary N) is 1. The highest BCUT2D eigenvalue weighted by atomic mass is 16.2. The normalized spacial score (nSPS) is 15.3. The van der Waals surface area contributed by atoms with Crippen LogP contribution in [0.15, 0.2) is 61.6 Å². The second-order valence-electron chi connectivity index (χ2n) is 8.43. The lowest BCUT2D eigenvalue weighted by Crippen LogP contribution is -2.27. The van der Waals surface area contributed by atoms with Gasteiger partial charge in [-0.15, -0.1) is 0 Å². The molecule has 3 N–H and O–H groups in total. The number of carbonyl (C=O) groups excluding carboxylic acids is 2. The third-order valence-electron chi connectivity index (χ3n) is 6.09. The Balaban J connectivity index is 1.45. The maximum atomic E-state index is 12.7. The van der Waals surface area contributed by atoms with Crippen LogP contribution < -0.4 is 11.1 Å². The molecule has 1 aliphatic rings. The van der Waals surface area contributed by atoms with E-state index in [1.165, 1.54) is 12.4 Å². The van der Waals surface area contributed by atoms with Crippen LogP contribution in [-0.4, -0.2) is 54.5 Å². The van der Waals surface area contributed by atoms with Gasteiger partial charge < -0.3 is 16.0 Å². The van der Waals surface area contributed by atoms with Crippen LogP contribution in [0.4, 0.5) is 11.6 Å². The maximum absolute atomic E-state index is 12.7. The topological polar surface area (TPSA) is 132 Å². The van der Waals surface area contributed by atoms with E-state index < -0.39 is 0 Å².